The molecule has 4 rings (SSSR count). The number of rotatable bonds is 5. The number of halogens is 3. The lowest BCUT2D eigenvalue weighted by atomic mass is 9.85. The summed E-state index contributed by atoms with van der Waals surface area (Å²) in [7, 11) is -4.17. The maximum absolute atomic E-state index is 13.4. The number of piperidine rings is 1. The Labute approximate surface area is 214 Å². The maximum atomic E-state index is 13.4. The Balaban J connectivity index is 0.00000380. The van der Waals surface area contributed by atoms with Crippen LogP contribution < -0.4 is 10.5 Å². The van der Waals surface area contributed by atoms with Crippen LogP contribution in [0.25, 0.3) is 5.69 Å². The largest absolute Gasteiger partial charge is 0.416 e. The van der Waals surface area contributed by atoms with E-state index in [2.05, 4.69) is 0 Å². The Bertz CT molecular complexity index is 1450. The lowest BCUT2D eigenvalue weighted by molar-refractivity contribution is -0.137. The van der Waals surface area contributed by atoms with Crippen molar-refractivity contribution in [3.05, 3.63) is 88.8 Å². The number of alkyl halides is 3. The molecule has 198 valence electrons. The second kappa shape index (κ2) is 10.2. The zero-order valence-electron chi connectivity index (χ0n) is 19.7. The third-order valence-electron chi connectivity index (χ3n) is 6.83. The van der Waals surface area contributed by atoms with E-state index >= 15 is 0 Å². The zero-order chi connectivity index (χ0) is 26.3. The van der Waals surface area contributed by atoms with Crippen molar-refractivity contribution in [2.45, 2.75) is 49.9 Å². The molecule has 2 aromatic carbocycles. The van der Waals surface area contributed by atoms with E-state index in [9.17, 15) is 31.2 Å². The van der Waals surface area contributed by atoms with Gasteiger partial charge in [-0.05, 0) is 74.7 Å². The second-order valence-corrected chi connectivity index (χ2v) is 11.8. The summed E-state index contributed by atoms with van der Waals surface area (Å²) in [6, 6.07) is 15.4. The van der Waals surface area contributed by atoms with Crippen LogP contribution in [0.4, 0.5) is 18.9 Å². The van der Waals surface area contributed by atoms with E-state index in [1.54, 1.807) is 47.5 Å². The van der Waals surface area contributed by atoms with E-state index in [1.807, 2.05) is 0 Å². The number of carbonyl (C=O) groups excluding carboxylic acids is 1. The van der Waals surface area contributed by atoms with Gasteiger partial charge in [-0.25, -0.2) is 8.42 Å². The number of sulfone groups is 1. The topological polar surface area (TPSA) is 76.5 Å². The van der Waals surface area contributed by atoms with Gasteiger partial charge in [0.1, 0.15) is 0 Å². The number of benzene rings is 2. The van der Waals surface area contributed by atoms with Gasteiger partial charge >= 0.3 is 6.18 Å². The Kier molecular flexibility index (Phi) is 7.74. The first kappa shape index (κ1) is 28.2. The Morgan fingerprint density at radius 3 is 2.14 bits per heavy atom. The lowest BCUT2D eigenvalue weighted by Gasteiger charge is -2.39. The molecule has 3 aromatic rings. The first-order valence-corrected chi connectivity index (χ1v) is 12.8. The number of aromatic nitrogens is 1. The monoisotopic (exact) mass is 534 g/mol. The summed E-state index contributed by atoms with van der Waals surface area (Å²) in [5.41, 5.74) is 0.0301. The summed E-state index contributed by atoms with van der Waals surface area (Å²) in [6.45, 7) is 3.18. The predicted molar refractivity (Wildman–Crippen MR) is 137 cm³/mol. The molecule has 0 radical (unpaired) electrons. The first-order valence-electron chi connectivity index (χ1n) is 11.3. The highest BCUT2D eigenvalue weighted by atomic mass is 32.2. The van der Waals surface area contributed by atoms with Crippen LogP contribution in [0, 0.1) is 5.92 Å². The SMILES string of the molecule is C.CC(C)([C@@H]1CCN(c2ccc(-n3ccccc3=O)cc2)C(=O)C1)S(=O)(=O)c1cccc(C(F)(F)F)c1. The van der Waals surface area contributed by atoms with E-state index < -0.39 is 37.1 Å². The third kappa shape index (κ3) is 5.34. The fourth-order valence-electron chi connectivity index (χ4n) is 4.50. The standard InChI is InChI=1S/C26H25F3N2O4S.CH4/c1-25(2,36(34,35)22-7-5-6-19(16-22)26(27,28)29)18-13-15-31(24(33)17-18)21-11-9-20(10-12-21)30-14-4-3-8-23(30)32;/h3-12,14,16,18H,13,15,17H2,1-2H3;1H4/t18-;/m1./s1. The molecule has 6 nitrogen and oxygen atoms in total. The Morgan fingerprint density at radius 1 is 0.892 bits per heavy atom. The molecule has 37 heavy (non-hydrogen) atoms. The van der Waals surface area contributed by atoms with Crippen LogP contribution in [-0.2, 0) is 20.8 Å². The van der Waals surface area contributed by atoms with Gasteiger partial charge in [-0.1, -0.05) is 19.6 Å². The molecular formula is C27H29F3N2O4S. The van der Waals surface area contributed by atoms with Crippen LogP contribution in [0.15, 0.2) is 82.6 Å². The van der Waals surface area contributed by atoms with Crippen molar-refractivity contribution in [2.24, 2.45) is 5.92 Å². The summed E-state index contributed by atoms with van der Waals surface area (Å²) in [5, 5.41) is 0. The van der Waals surface area contributed by atoms with Crippen LogP contribution >= 0.6 is 0 Å². The minimum atomic E-state index is -4.67. The first-order chi connectivity index (χ1) is 16.8. The Hall–Kier alpha value is -3.40. The van der Waals surface area contributed by atoms with Gasteiger partial charge in [0.05, 0.1) is 15.2 Å². The van der Waals surface area contributed by atoms with E-state index in [4.69, 9.17) is 0 Å². The van der Waals surface area contributed by atoms with Crippen molar-refractivity contribution in [3.8, 4) is 5.69 Å². The second-order valence-electron chi connectivity index (χ2n) is 9.29. The summed E-state index contributed by atoms with van der Waals surface area (Å²) in [4.78, 5) is 26.2. The van der Waals surface area contributed by atoms with Crippen molar-refractivity contribution in [3.63, 3.8) is 0 Å². The molecule has 0 unspecified atom stereocenters. The predicted octanol–water partition coefficient (Wildman–Crippen LogP) is 5.49. The average Bonchev–Trinajstić information content (AvgIpc) is 2.84. The van der Waals surface area contributed by atoms with Gasteiger partial charge in [0.2, 0.25) is 5.91 Å². The Morgan fingerprint density at radius 2 is 1.54 bits per heavy atom. The van der Waals surface area contributed by atoms with Crippen molar-refractivity contribution in [1.82, 2.24) is 4.57 Å². The molecule has 1 amide bonds. The normalized spacial score (nSPS) is 16.8. The molecule has 0 spiro atoms. The molecular weight excluding hydrogens is 505 g/mol. The molecule has 1 saturated heterocycles. The average molecular weight is 535 g/mol. The fraction of sp³-hybridized carbons (Fsp3) is 0.333. The number of hydrogen-bond donors (Lipinski definition) is 0. The minimum Gasteiger partial charge on any atom is -0.312 e. The maximum Gasteiger partial charge on any atom is 0.416 e. The number of nitrogens with zero attached hydrogens (tertiary/aromatic N) is 2. The lowest BCUT2D eigenvalue weighted by Crippen LogP contribution is -2.48. The highest BCUT2D eigenvalue weighted by molar-refractivity contribution is 7.92. The molecule has 0 bridgehead atoms. The summed E-state index contributed by atoms with van der Waals surface area (Å²) < 4.78 is 66.2. The molecule has 1 aliphatic rings. The molecule has 0 aliphatic carbocycles. The van der Waals surface area contributed by atoms with Crippen molar-refractivity contribution in [2.75, 3.05) is 11.4 Å². The number of anilines is 1. The smallest absolute Gasteiger partial charge is 0.312 e. The quantitative estimate of drug-likeness (QED) is 0.434. The van der Waals surface area contributed by atoms with E-state index in [0.29, 0.717) is 23.9 Å². The number of hydrogen-bond acceptors (Lipinski definition) is 4. The van der Waals surface area contributed by atoms with Gasteiger partial charge in [-0.2, -0.15) is 13.2 Å². The van der Waals surface area contributed by atoms with Gasteiger partial charge in [-0.15, -0.1) is 0 Å². The molecule has 1 fully saturated rings. The number of amides is 1. The molecule has 1 aromatic heterocycles. The highest BCUT2D eigenvalue weighted by Gasteiger charge is 2.46. The van der Waals surface area contributed by atoms with Gasteiger partial charge in [0, 0.05) is 36.6 Å². The van der Waals surface area contributed by atoms with Crippen molar-refractivity contribution >= 4 is 21.4 Å². The van der Waals surface area contributed by atoms with Crippen LogP contribution in [0.2, 0.25) is 0 Å². The number of carbonyl (C=O) groups is 1. The molecule has 0 saturated carbocycles. The molecule has 0 N–H and O–H groups in total. The van der Waals surface area contributed by atoms with Crippen LogP contribution in [0.1, 0.15) is 39.7 Å². The van der Waals surface area contributed by atoms with Crippen molar-refractivity contribution in [1.29, 1.82) is 0 Å². The summed E-state index contributed by atoms with van der Waals surface area (Å²) >= 11 is 0. The van der Waals surface area contributed by atoms with Crippen LogP contribution in [0.3, 0.4) is 0 Å². The van der Waals surface area contributed by atoms with Crippen LogP contribution in [0.5, 0.6) is 0 Å². The van der Waals surface area contributed by atoms with Crippen LogP contribution in [-0.4, -0.2) is 30.2 Å². The molecule has 2 heterocycles. The third-order valence-corrected chi connectivity index (χ3v) is 9.43. The summed E-state index contributed by atoms with van der Waals surface area (Å²) in [5.74, 6) is -0.855. The van der Waals surface area contributed by atoms with E-state index in [-0.39, 0.29) is 31.9 Å². The van der Waals surface area contributed by atoms with E-state index in [1.165, 1.54) is 24.5 Å². The van der Waals surface area contributed by atoms with Crippen molar-refractivity contribution < 1.29 is 26.4 Å². The van der Waals surface area contributed by atoms with Gasteiger partial charge < -0.3 is 4.90 Å². The number of pyridine rings is 1. The summed E-state index contributed by atoms with van der Waals surface area (Å²) in [6.07, 6.45) is -2.73. The van der Waals surface area contributed by atoms with Gasteiger partial charge in [0.25, 0.3) is 5.56 Å². The highest BCUT2D eigenvalue weighted by Crippen LogP contribution is 2.40. The molecule has 1 atom stereocenters. The van der Waals surface area contributed by atoms with Gasteiger partial charge in [0.15, 0.2) is 9.84 Å². The zero-order valence-corrected chi connectivity index (χ0v) is 20.5. The van der Waals surface area contributed by atoms with Gasteiger partial charge in [-0.3, -0.25) is 14.2 Å². The fourth-order valence-corrected chi connectivity index (χ4v) is 6.28. The minimum absolute atomic E-state index is 0. The molecule has 1 aliphatic heterocycles. The van der Waals surface area contributed by atoms with E-state index in [0.717, 1.165) is 18.2 Å². The molecule has 10 heteroatoms.